The van der Waals surface area contributed by atoms with E-state index in [1.165, 1.54) is 19.4 Å². The lowest BCUT2D eigenvalue weighted by atomic mass is 9.87. The Hall–Kier alpha value is -3.55. The van der Waals surface area contributed by atoms with Gasteiger partial charge in [-0.15, -0.1) is 0 Å². The Morgan fingerprint density at radius 2 is 1.43 bits per heavy atom. The summed E-state index contributed by atoms with van der Waals surface area (Å²) in [4.78, 5) is 48.7. The highest BCUT2D eigenvalue weighted by Gasteiger charge is 2.53. The van der Waals surface area contributed by atoms with Gasteiger partial charge in [-0.25, -0.2) is 0 Å². The molecule has 1 fully saturated rings. The lowest BCUT2D eigenvalue weighted by Gasteiger charge is -2.45. The molecule has 0 saturated carbocycles. The van der Waals surface area contributed by atoms with E-state index < -0.39 is 67.1 Å². The Labute approximate surface area is 272 Å². The minimum absolute atomic E-state index is 0.107. The van der Waals surface area contributed by atoms with Crippen LogP contribution in [0.4, 0.5) is 0 Å². The third-order valence-corrected chi connectivity index (χ3v) is 7.56. The molecule has 6 atom stereocenters. The molecular formula is C33H41ClO12. The molecule has 1 aliphatic heterocycles. The van der Waals surface area contributed by atoms with Crippen LogP contribution in [0.5, 0.6) is 0 Å². The Morgan fingerprint density at radius 1 is 0.848 bits per heavy atom. The van der Waals surface area contributed by atoms with E-state index in [4.69, 9.17) is 40.0 Å². The summed E-state index contributed by atoms with van der Waals surface area (Å²) in [5.41, 5.74) is 3.74. The van der Waals surface area contributed by atoms with Crippen molar-refractivity contribution in [2.24, 2.45) is 0 Å². The van der Waals surface area contributed by atoms with E-state index in [-0.39, 0.29) is 19.8 Å². The maximum absolute atomic E-state index is 12.4. The first-order valence-electron chi connectivity index (χ1n) is 14.9. The summed E-state index contributed by atoms with van der Waals surface area (Å²) in [6.07, 6.45) is -6.16. The number of esters is 4. The SMILES string of the molecule is CCc1ccc(Cc2cc([C@@H]3O[C@H](COC(C)=O)[C@@H](OC(C)=O)[C@H](OC(C)=O)[C@H]3OC(C)=O)c(COCC(O)CO)cc2Cl)cc1. The van der Waals surface area contributed by atoms with Crippen LogP contribution in [0.25, 0.3) is 0 Å². The number of benzene rings is 2. The predicted molar refractivity (Wildman–Crippen MR) is 164 cm³/mol. The highest BCUT2D eigenvalue weighted by atomic mass is 35.5. The Balaban J connectivity index is 2.19. The molecule has 3 rings (SSSR count). The topological polar surface area (TPSA) is 164 Å². The maximum Gasteiger partial charge on any atom is 0.303 e. The number of carbonyl (C=O) groups is 4. The number of aryl methyl sites for hydroxylation is 1. The average molecular weight is 665 g/mol. The van der Waals surface area contributed by atoms with Crippen molar-refractivity contribution in [1.29, 1.82) is 0 Å². The second kappa shape index (κ2) is 17.4. The van der Waals surface area contributed by atoms with Crippen LogP contribution in [0.2, 0.25) is 5.02 Å². The summed E-state index contributed by atoms with van der Waals surface area (Å²) in [5, 5.41) is 19.5. The van der Waals surface area contributed by atoms with E-state index in [2.05, 4.69) is 6.92 Å². The normalized spacial score (nSPS) is 21.6. The van der Waals surface area contributed by atoms with E-state index in [0.717, 1.165) is 25.8 Å². The molecule has 1 saturated heterocycles. The van der Waals surface area contributed by atoms with Crippen molar-refractivity contribution in [3.8, 4) is 0 Å². The van der Waals surface area contributed by atoms with Gasteiger partial charge in [0.2, 0.25) is 0 Å². The lowest BCUT2D eigenvalue weighted by molar-refractivity contribution is -0.254. The van der Waals surface area contributed by atoms with Gasteiger partial charge in [-0.1, -0.05) is 48.9 Å². The molecule has 2 aromatic carbocycles. The fraction of sp³-hybridized carbons (Fsp3) is 0.515. The number of carbonyl (C=O) groups excluding carboxylic acids is 4. The minimum Gasteiger partial charge on any atom is -0.463 e. The molecule has 12 nitrogen and oxygen atoms in total. The largest absolute Gasteiger partial charge is 0.463 e. The number of hydrogen-bond donors (Lipinski definition) is 2. The first-order valence-corrected chi connectivity index (χ1v) is 15.3. The number of aliphatic hydroxyl groups is 2. The van der Waals surface area contributed by atoms with Crippen molar-refractivity contribution in [2.45, 2.75) is 90.7 Å². The Kier molecular flexibility index (Phi) is 14.0. The smallest absolute Gasteiger partial charge is 0.303 e. The quantitative estimate of drug-likeness (QED) is 0.224. The molecule has 2 N–H and O–H groups in total. The molecule has 1 unspecified atom stereocenters. The molecule has 0 spiro atoms. The van der Waals surface area contributed by atoms with E-state index >= 15 is 0 Å². The van der Waals surface area contributed by atoms with E-state index in [0.29, 0.717) is 28.1 Å². The zero-order valence-electron chi connectivity index (χ0n) is 26.5. The van der Waals surface area contributed by atoms with Gasteiger partial charge in [0.15, 0.2) is 18.3 Å². The monoisotopic (exact) mass is 664 g/mol. The van der Waals surface area contributed by atoms with Crippen LogP contribution in [-0.4, -0.2) is 84.4 Å². The number of ether oxygens (including phenoxy) is 6. The molecule has 46 heavy (non-hydrogen) atoms. The van der Waals surface area contributed by atoms with Crippen LogP contribution in [0.3, 0.4) is 0 Å². The van der Waals surface area contributed by atoms with Crippen molar-refractivity contribution in [1.82, 2.24) is 0 Å². The maximum atomic E-state index is 12.4. The predicted octanol–water partition coefficient (Wildman–Crippen LogP) is 3.16. The van der Waals surface area contributed by atoms with E-state index in [9.17, 15) is 29.4 Å². The van der Waals surface area contributed by atoms with Crippen LogP contribution >= 0.6 is 11.6 Å². The molecule has 0 aromatic heterocycles. The summed E-state index contributed by atoms with van der Waals surface area (Å²) >= 11 is 6.77. The molecule has 13 heteroatoms. The van der Waals surface area contributed by atoms with Gasteiger partial charge < -0.3 is 38.6 Å². The molecular weight excluding hydrogens is 624 g/mol. The third-order valence-electron chi connectivity index (χ3n) is 7.21. The van der Waals surface area contributed by atoms with Crippen molar-refractivity contribution in [2.75, 3.05) is 19.8 Å². The molecule has 1 aliphatic rings. The summed E-state index contributed by atoms with van der Waals surface area (Å²) in [7, 11) is 0. The van der Waals surface area contributed by atoms with E-state index in [1.54, 1.807) is 12.1 Å². The van der Waals surface area contributed by atoms with Crippen LogP contribution in [-0.2, 0) is 67.0 Å². The number of hydrogen-bond acceptors (Lipinski definition) is 12. The summed E-state index contributed by atoms with van der Waals surface area (Å²) in [5.74, 6) is -2.85. The molecule has 0 amide bonds. The fourth-order valence-corrected chi connectivity index (χ4v) is 5.41. The second-order valence-electron chi connectivity index (χ2n) is 11.0. The molecule has 0 radical (unpaired) electrons. The van der Waals surface area contributed by atoms with Gasteiger partial charge in [0.05, 0.1) is 19.8 Å². The van der Waals surface area contributed by atoms with Crippen LogP contribution < -0.4 is 0 Å². The van der Waals surface area contributed by atoms with Gasteiger partial charge in [-0.2, -0.15) is 0 Å². The van der Waals surface area contributed by atoms with Gasteiger partial charge in [0.1, 0.15) is 24.9 Å². The Morgan fingerprint density at radius 3 is 2.00 bits per heavy atom. The zero-order valence-corrected chi connectivity index (χ0v) is 27.3. The fourth-order valence-electron chi connectivity index (χ4n) is 5.15. The summed E-state index contributed by atoms with van der Waals surface area (Å²) < 4.78 is 34.1. The average Bonchev–Trinajstić information content (AvgIpc) is 2.99. The Bertz CT molecular complexity index is 1360. The van der Waals surface area contributed by atoms with Gasteiger partial charge in [-0.05, 0) is 46.7 Å². The minimum atomic E-state index is -1.37. The molecule has 0 aliphatic carbocycles. The molecule has 1 heterocycles. The lowest BCUT2D eigenvalue weighted by Crippen LogP contribution is -2.59. The first kappa shape index (κ1) is 36.9. The van der Waals surface area contributed by atoms with Crippen molar-refractivity contribution in [3.05, 3.63) is 69.2 Å². The van der Waals surface area contributed by atoms with Crippen molar-refractivity contribution in [3.63, 3.8) is 0 Å². The highest BCUT2D eigenvalue weighted by molar-refractivity contribution is 6.31. The van der Waals surface area contributed by atoms with Crippen LogP contribution in [0, 0.1) is 0 Å². The summed E-state index contributed by atoms with van der Waals surface area (Å²) in [6, 6.07) is 11.5. The number of halogens is 1. The van der Waals surface area contributed by atoms with Crippen molar-refractivity contribution >= 4 is 35.5 Å². The number of rotatable bonds is 14. The van der Waals surface area contributed by atoms with Gasteiger partial charge in [-0.3, -0.25) is 19.2 Å². The molecule has 2 aromatic rings. The van der Waals surface area contributed by atoms with Gasteiger partial charge >= 0.3 is 23.9 Å². The zero-order chi connectivity index (χ0) is 34.0. The molecule has 0 bridgehead atoms. The highest BCUT2D eigenvalue weighted by Crippen LogP contribution is 2.41. The molecule has 252 valence electrons. The van der Waals surface area contributed by atoms with Crippen molar-refractivity contribution < 1.29 is 57.8 Å². The second-order valence-corrected chi connectivity index (χ2v) is 11.4. The van der Waals surface area contributed by atoms with E-state index in [1.807, 2.05) is 24.3 Å². The standard InChI is InChI=1S/C33H41ClO12/c1-6-22-7-9-23(10-8-22)11-24-12-27(25(13-28(24)34)15-41-16-26(40)14-35)30-32(44-20(4)38)33(45-21(5)39)31(43-19(3)37)29(46-30)17-42-18(2)36/h7-10,12-13,26,29-33,35,40H,6,11,14-17H2,1-5H3/t26?,29-,30+,31-,32+,33+/m1/s1. The van der Waals surface area contributed by atoms with Crippen LogP contribution in [0.1, 0.15) is 68.5 Å². The summed E-state index contributed by atoms with van der Waals surface area (Å²) in [6.45, 7) is 5.53. The van der Waals surface area contributed by atoms with Gasteiger partial charge in [0, 0.05) is 32.7 Å². The third kappa shape index (κ3) is 10.5. The van der Waals surface area contributed by atoms with Gasteiger partial charge in [0.25, 0.3) is 0 Å². The number of aliphatic hydroxyl groups excluding tert-OH is 2. The first-order chi connectivity index (χ1) is 21.8. The van der Waals surface area contributed by atoms with Crippen LogP contribution in [0.15, 0.2) is 36.4 Å².